The lowest BCUT2D eigenvalue weighted by Crippen LogP contribution is -2.53. The van der Waals surface area contributed by atoms with Crippen molar-refractivity contribution in [3.63, 3.8) is 0 Å². The monoisotopic (exact) mass is 455 g/mol. The van der Waals surface area contributed by atoms with Crippen molar-refractivity contribution < 1.29 is 24.3 Å². The van der Waals surface area contributed by atoms with Crippen LogP contribution in [-0.4, -0.2) is 76.4 Å². The van der Waals surface area contributed by atoms with Gasteiger partial charge in [0.1, 0.15) is 12.1 Å². The molecule has 2 saturated heterocycles. The van der Waals surface area contributed by atoms with Gasteiger partial charge < -0.3 is 30.9 Å². The van der Waals surface area contributed by atoms with E-state index in [4.69, 9.17) is 0 Å². The van der Waals surface area contributed by atoms with Crippen molar-refractivity contribution in [3.8, 4) is 0 Å². The Balaban J connectivity index is 1.31. The summed E-state index contributed by atoms with van der Waals surface area (Å²) in [5.74, 6) is -2.21. The molecule has 3 atom stereocenters. The number of carbonyl (C=O) groups is 4. The third kappa shape index (κ3) is 5.16. The highest BCUT2D eigenvalue weighted by Gasteiger charge is 2.37. The summed E-state index contributed by atoms with van der Waals surface area (Å²) in [6.07, 6.45) is 4.82. The van der Waals surface area contributed by atoms with Crippen LogP contribution < -0.4 is 16.0 Å². The van der Waals surface area contributed by atoms with Gasteiger partial charge >= 0.3 is 5.97 Å². The Morgan fingerprint density at radius 2 is 1.97 bits per heavy atom. The van der Waals surface area contributed by atoms with Crippen LogP contribution in [0.1, 0.15) is 31.2 Å². The van der Waals surface area contributed by atoms with Crippen molar-refractivity contribution in [3.05, 3.63) is 36.0 Å². The summed E-state index contributed by atoms with van der Waals surface area (Å²) in [5.41, 5.74) is 1.67. The van der Waals surface area contributed by atoms with E-state index < -0.39 is 29.9 Å². The molecule has 1 aromatic carbocycles. The van der Waals surface area contributed by atoms with E-state index in [0.29, 0.717) is 13.0 Å². The summed E-state index contributed by atoms with van der Waals surface area (Å²) in [6.45, 7) is 0.967. The number of amides is 3. The van der Waals surface area contributed by atoms with Crippen LogP contribution >= 0.6 is 0 Å². The molecule has 2 fully saturated rings. The molecule has 0 aliphatic carbocycles. The molecule has 4 rings (SSSR count). The van der Waals surface area contributed by atoms with Gasteiger partial charge in [-0.1, -0.05) is 18.2 Å². The standard InChI is InChI=1S/C23H29N5O5/c29-20(27-18(23(32)33)11-14-12-25-16-6-2-1-5-15(14)16)13-26-21(30)19-8-4-10-28(19)22(31)17-7-3-9-24-17/h1-2,5-6,12,17-19,24-25H,3-4,7-11,13H2,(H,26,30)(H,27,29)(H,32,33). The fraction of sp³-hybridized carbons (Fsp3) is 0.478. The highest BCUT2D eigenvalue weighted by Crippen LogP contribution is 2.21. The van der Waals surface area contributed by atoms with E-state index in [9.17, 15) is 24.3 Å². The number of H-pyrrole nitrogens is 1. The van der Waals surface area contributed by atoms with Gasteiger partial charge in [0.2, 0.25) is 17.7 Å². The van der Waals surface area contributed by atoms with Gasteiger partial charge in [-0.15, -0.1) is 0 Å². The molecule has 0 radical (unpaired) electrons. The largest absolute Gasteiger partial charge is 0.480 e. The number of nitrogens with one attached hydrogen (secondary N) is 4. The molecule has 10 nitrogen and oxygen atoms in total. The van der Waals surface area contributed by atoms with Gasteiger partial charge in [-0.25, -0.2) is 4.79 Å². The molecular weight excluding hydrogens is 426 g/mol. The van der Waals surface area contributed by atoms with Crippen LogP contribution in [0.25, 0.3) is 10.9 Å². The normalized spacial score (nSPS) is 21.2. The molecule has 1 aromatic heterocycles. The second-order valence-electron chi connectivity index (χ2n) is 8.58. The van der Waals surface area contributed by atoms with Gasteiger partial charge in [-0.3, -0.25) is 14.4 Å². The second-order valence-corrected chi connectivity index (χ2v) is 8.58. The van der Waals surface area contributed by atoms with Crippen molar-refractivity contribution in [2.45, 2.75) is 50.2 Å². The first-order valence-corrected chi connectivity index (χ1v) is 11.3. The highest BCUT2D eigenvalue weighted by atomic mass is 16.4. The van der Waals surface area contributed by atoms with Crippen LogP contribution in [0.2, 0.25) is 0 Å². The molecule has 0 bridgehead atoms. The maximum absolute atomic E-state index is 12.7. The summed E-state index contributed by atoms with van der Waals surface area (Å²) >= 11 is 0. The average Bonchev–Trinajstić information content (AvgIpc) is 3.57. The maximum Gasteiger partial charge on any atom is 0.326 e. The summed E-state index contributed by atoms with van der Waals surface area (Å²) in [6, 6.07) is 5.54. The lowest BCUT2D eigenvalue weighted by molar-refractivity contribution is -0.142. The van der Waals surface area contributed by atoms with Crippen LogP contribution in [-0.2, 0) is 25.6 Å². The summed E-state index contributed by atoms with van der Waals surface area (Å²) < 4.78 is 0. The number of fused-ring (bicyclic) bond motifs is 1. The van der Waals surface area contributed by atoms with E-state index in [-0.39, 0.29) is 24.9 Å². The molecule has 176 valence electrons. The molecule has 5 N–H and O–H groups in total. The minimum atomic E-state index is -1.16. The van der Waals surface area contributed by atoms with Crippen molar-refractivity contribution >= 4 is 34.6 Å². The fourth-order valence-electron chi connectivity index (χ4n) is 4.65. The van der Waals surface area contributed by atoms with Gasteiger partial charge in [0.05, 0.1) is 12.6 Å². The predicted molar refractivity (Wildman–Crippen MR) is 120 cm³/mol. The van der Waals surface area contributed by atoms with Crippen LogP contribution in [0.15, 0.2) is 30.5 Å². The maximum atomic E-state index is 12.7. The number of benzene rings is 1. The summed E-state index contributed by atoms with van der Waals surface area (Å²) in [7, 11) is 0. The number of carboxylic acids is 1. The van der Waals surface area contributed by atoms with Gasteiger partial charge in [-0.05, 0) is 43.9 Å². The Hall–Kier alpha value is -3.40. The molecule has 3 amide bonds. The number of carbonyl (C=O) groups excluding carboxylic acids is 3. The number of para-hydroxylation sites is 1. The number of aliphatic carboxylic acids is 1. The topological polar surface area (TPSA) is 144 Å². The molecule has 2 aromatic rings. The first kappa shape index (κ1) is 22.8. The molecular formula is C23H29N5O5. The lowest BCUT2D eigenvalue weighted by Gasteiger charge is -2.26. The van der Waals surface area contributed by atoms with E-state index in [1.54, 1.807) is 11.1 Å². The Kier molecular flexibility index (Phi) is 6.93. The number of hydrogen-bond acceptors (Lipinski definition) is 5. The molecule has 3 heterocycles. The molecule has 3 unspecified atom stereocenters. The molecule has 2 aliphatic rings. The summed E-state index contributed by atoms with van der Waals surface area (Å²) in [5, 5.41) is 18.7. The van der Waals surface area contributed by atoms with E-state index in [2.05, 4.69) is 20.9 Å². The van der Waals surface area contributed by atoms with Gasteiger partial charge in [0.25, 0.3) is 0 Å². The fourth-order valence-corrected chi connectivity index (χ4v) is 4.65. The molecule has 10 heteroatoms. The van der Waals surface area contributed by atoms with Gasteiger partial charge in [0.15, 0.2) is 0 Å². The Morgan fingerprint density at radius 3 is 2.73 bits per heavy atom. The molecule has 0 saturated carbocycles. The quantitative estimate of drug-likeness (QED) is 0.383. The van der Waals surface area contributed by atoms with Crippen molar-refractivity contribution in [1.82, 2.24) is 25.8 Å². The molecule has 33 heavy (non-hydrogen) atoms. The number of aromatic nitrogens is 1. The third-order valence-corrected chi connectivity index (χ3v) is 6.35. The number of nitrogens with zero attached hydrogens (tertiary/aromatic N) is 1. The number of carboxylic acid groups (broad SMARTS) is 1. The first-order valence-electron chi connectivity index (χ1n) is 11.3. The van der Waals surface area contributed by atoms with E-state index >= 15 is 0 Å². The Bertz CT molecular complexity index is 1040. The smallest absolute Gasteiger partial charge is 0.326 e. The second kappa shape index (κ2) is 10.0. The SMILES string of the molecule is O=C(CNC(=O)C1CCCN1C(=O)C1CCCN1)NC(Cc1c[nH]c2ccccc12)C(=O)O. The van der Waals surface area contributed by atoms with Crippen molar-refractivity contribution in [1.29, 1.82) is 0 Å². The zero-order valence-electron chi connectivity index (χ0n) is 18.3. The van der Waals surface area contributed by atoms with Crippen LogP contribution in [0.5, 0.6) is 0 Å². The van der Waals surface area contributed by atoms with Gasteiger partial charge in [0, 0.05) is 30.1 Å². The van der Waals surface area contributed by atoms with E-state index in [0.717, 1.165) is 42.3 Å². The minimum Gasteiger partial charge on any atom is -0.480 e. The Morgan fingerprint density at radius 1 is 1.15 bits per heavy atom. The van der Waals surface area contributed by atoms with E-state index in [1.165, 1.54) is 0 Å². The lowest BCUT2D eigenvalue weighted by atomic mass is 10.0. The average molecular weight is 456 g/mol. The first-order chi connectivity index (χ1) is 15.9. The van der Waals surface area contributed by atoms with Gasteiger partial charge in [-0.2, -0.15) is 0 Å². The third-order valence-electron chi connectivity index (χ3n) is 6.35. The molecule has 0 spiro atoms. The number of rotatable bonds is 8. The number of aromatic amines is 1. The van der Waals surface area contributed by atoms with E-state index in [1.807, 2.05) is 24.3 Å². The van der Waals surface area contributed by atoms with Crippen LogP contribution in [0.3, 0.4) is 0 Å². The number of likely N-dealkylation sites (tertiary alicyclic amines) is 1. The van der Waals surface area contributed by atoms with Crippen LogP contribution in [0.4, 0.5) is 0 Å². The zero-order valence-corrected chi connectivity index (χ0v) is 18.3. The molecule has 2 aliphatic heterocycles. The summed E-state index contributed by atoms with van der Waals surface area (Å²) in [4.78, 5) is 54.2. The highest BCUT2D eigenvalue weighted by molar-refractivity contribution is 5.93. The Labute approximate surface area is 191 Å². The zero-order chi connectivity index (χ0) is 23.4. The minimum absolute atomic E-state index is 0.0701. The van der Waals surface area contributed by atoms with Crippen LogP contribution in [0, 0.1) is 0 Å². The van der Waals surface area contributed by atoms with Crippen molar-refractivity contribution in [2.24, 2.45) is 0 Å². The van der Waals surface area contributed by atoms with Crippen molar-refractivity contribution in [2.75, 3.05) is 19.6 Å². The predicted octanol–water partition coefficient (Wildman–Crippen LogP) is 0.139. The number of hydrogen-bond donors (Lipinski definition) is 5.